The SMILES string of the molecule is COC(=O)CSc1nc(N)c(C#N)c(-c2ccc(C)cc2)c1C#N. The van der Waals surface area contributed by atoms with E-state index in [1.807, 2.05) is 37.3 Å². The first-order valence-corrected chi connectivity index (χ1v) is 7.90. The number of thioether (sulfide) groups is 1. The Morgan fingerprint density at radius 2 is 1.88 bits per heavy atom. The predicted octanol–water partition coefficient (Wildman–Crippen LogP) is 2.65. The summed E-state index contributed by atoms with van der Waals surface area (Å²) in [7, 11) is 1.28. The minimum absolute atomic E-state index is 0.00312. The Hall–Kier alpha value is -3.03. The van der Waals surface area contributed by atoms with E-state index in [1.54, 1.807) is 0 Å². The second kappa shape index (κ2) is 7.49. The van der Waals surface area contributed by atoms with Gasteiger partial charge in [-0.15, -0.1) is 0 Å². The molecule has 24 heavy (non-hydrogen) atoms. The monoisotopic (exact) mass is 338 g/mol. The minimum atomic E-state index is -0.439. The van der Waals surface area contributed by atoms with Gasteiger partial charge in [0.05, 0.1) is 18.4 Å². The van der Waals surface area contributed by atoms with E-state index < -0.39 is 5.97 Å². The zero-order valence-electron chi connectivity index (χ0n) is 13.2. The van der Waals surface area contributed by atoms with Crippen LogP contribution >= 0.6 is 11.8 Å². The zero-order chi connectivity index (χ0) is 17.7. The number of benzene rings is 1. The molecular weight excluding hydrogens is 324 g/mol. The second-order valence-corrected chi connectivity index (χ2v) is 5.85. The zero-order valence-corrected chi connectivity index (χ0v) is 14.0. The van der Waals surface area contributed by atoms with Crippen molar-refractivity contribution in [2.45, 2.75) is 11.9 Å². The van der Waals surface area contributed by atoms with Crippen molar-refractivity contribution in [3.63, 3.8) is 0 Å². The molecule has 0 bridgehead atoms. The highest BCUT2D eigenvalue weighted by molar-refractivity contribution is 7.99. The van der Waals surface area contributed by atoms with Crippen LogP contribution < -0.4 is 5.73 Å². The molecule has 2 aromatic rings. The molecule has 120 valence electrons. The van der Waals surface area contributed by atoms with Crippen LogP contribution in [-0.4, -0.2) is 23.8 Å². The van der Waals surface area contributed by atoms with Crippen molar-refractivity contribution in [1.82, 2.24) is 4.98 Å². The fourth-order valence-corrected chi connectivity index (χ4v) is 2.93. The number of pyridine rings is 1. The average Bonchev–Trinajstić information content (AvgIpc) is 2.59. The number of methoxy groups -OCH3 is 1. The Balaban J connectivity index is 2.65. The molecule has 7 heteroatoms. The van der Waals surface area contributed by atoms with Crippen LogP contribution in [0.2, 0.25) is 0 Å². The van der Waals surface area contributed by atoms with Gasteiger partial charge in [0, 0.05) is 5.56 Å². The van der Waals surface area contributed by atoms with Gasteiger partial charge in [0.1, 0.15) is 28.5 Å². The molecule has 0 radical (unpaired) electrons. The van der Waals surface area contributed by atoms with Crippen LogP contribution in [-0.2, 0) is 9.53 Å². The van der Waals surface area contributed by atoms with Crippen LogP contribution in [0.5, 0.6) is 0 Å². The molecule has 0 unspecified atom stereocenters. The van der Waals surface area contributed by atoms with E-state index in [9.17, 15) is 15.3 Å². The van der Waals surface area contributed by atoms with Gasteiger partial charge >= 0.3 is 5.97 Å². The van der Waals surface area contributed by atoms with Gasteiger partial charge < -0.3 is 10.5 Å². The van der Waals surface area contributed by atoms with Crippen molar-refractivity contribution < 1.29 is 9.53 Å². The number of nitrogens with two attached hydrogens (primary N) is 1. The molecule has 0 saturated carbocycles. The van der Waals surface area contributed by atoms with E-state index in [4.69, 9.17) is 5.73 Å². The van der Waals surface area contributed by atoms with Gasteiger partial charge in [0.25, 0.3) is 0 Å². The molecule has 0 aliphatic rings. The summed E-state index contributed by atoms with van der Waals surface area (Å²) in [4.78, 5) is 15.5. The molecule has 0 amide bonds. The quantitative estimate of drug-likeness (QED) is 0.673. The standard InChI is InChI=1S/C17H14N4O2S/c1-10-3-5-11(6-4-10)15-12(7-18)16(20)21-17(13(15)8-19)24-9-14(22)23-2/h3-6H,9H2,1-2H3,(H2,20,21). The smallest absolute Gasteiger partial charge is 0.316 e. The van der Waals surface area contributed by atoms with Crippen molar-refractivity contribution in [1.29, 1.82) is 10.5 Å². The normalized spacial score (nSPS) is 9.83. The number of carbonyl (C=O) groups is 1. The maximum Gasteiger partial charge on any atom is 0.316 e. The molecule has 0 aliphatic heterocycles. The molecular formula is C17H14N4O2S. The first kappa shape index (κ1) is 17.3. The highest BCUT2D eigenvalue weighted by atomic mass is 32.2. The summed E-state index contributed by atoms with van der Waals surface area (Å²) >= 11 is 1.05. The third kappa shape index (κ3) is 3.48. The maximum atomic E-state index is 11.3. The molecule has 6 nitrogen and oxygen atoms in total. The van der Waals surface area contributed by atoms with Gasteiger partial charge in [-0.25, -0.2) is 4.98 Å². The number of esters is 1. The van der Waals surface area contributed by atoms with Crippen LogP contribution in [0.4, 0.5) is 5.82 Å². The molecule has 0 saturated heterocycles. The molecule has 1 aromatic carbocycles. The van der Waals surface area contributed by atoms with Gasteiger partial charge in [0.2, 0.25) is 0 Å². The van der Waals surface area contributed by atoms with Gasteiger partial charge in [-0.3, -0.25) is 4.79 Å². The minimum Gasteiger partial charge on any atom is -0.468 e. The van der Waals surface area contributed by atoms with Gasteiger partial charge in [-0.1, -0.05) is 41.6 Å². The number of nitrogen functional groups attached to an aromatic ring is 1. The third-order valence-corrected chi connectivity index (χ3v) is 4.26. The summed E-state index contributed by atoms with van der Waals surface area (Å²) in [6, 6.07) is 11.5. The summed E-state index contributed by atoms with van der Waals surface area (Å²) in [5.74, 6) is -0.415. The first-order chi connectivity index (χ1) is 11.5. The topological polar surface area (TPSA) is 113 Å². The molecule has 2 rings (SSSR count). The largest absolute Gasteiger partial charge is 0.468 e. The summed E-state index contributed by atoms with van der Waals surface area (Å²) in [6.07, 6.45) is 0. The molecule has 0 spiro atoms. The molecule has 0 atom stereocenters. The molecule has 2 N–H and O–H groups in total. The number of rotatable bonds is 4. The van der Waals surface area contributed by atoms with Crippen LogP contribution in [0.1, 0.15) is 16.7 Å². The van der Waals surface area contributed by atoms with E-state index in [2.05, 4.69) is 15.8 Å². The molecule has 0 aliphatic carbocycles. The highest BCUT2D eigenvalue weighted by Gasteiger charge is 2.21. The predicted molar refractivity (Wildman–Crippen MR) is 91.0 cm³/mol. The lowest BCUT2D eigenvalue weighted by atomic mass is 9.96. The van der Waals surface area contributed by atoms with Crippen LogP contribution in [0, 0.1) is 29.6 Å². The Kier molecular flexibility index (Phi) is 5.41. The van der Waals surface area contributed by atoms with Crippen molar-refractivity contribution >= 4 is 23.5 Å². The van der Waals surface area contributed by atoms with Crippen LogP contribution in [0.15, 0.2) is 29.3 Å². The van der Waals surface area contributed by atoms with Crippen molar-refractivity contribution in [3.05, 3.63) is 41.0 Å². The third-order valence-electron chi connectivity index (χ3n) is 3.31. The fourth-order valence-electron chi connectivity index (χ4n) is 2.10. The molecule has 0 fully saturated rings. The lowest BCUT2D eigenvalue weighted by Crippen LogP contribution is -2.07. The number of nitriles is 2. The van der Waals surface area contributed by atoms with Gasteiger partial charge in [0.15, 0.2) is 0 Å². The Morgan fingerprint density at radius 1 is 1.25 bits per heavy atom. The number of hydrogen-bond donors (Lipinski definition) is 1. The molecule has 1 aromatic heterocycles. The average molecular weight is 338 g/mol. The number of carbonyl (C=O) groups excluding carboxylic acids is 1. The van der Waals surface area contributed by atoms with E-state index in [-0.39, 0.29) is 22.7 Å². The van der Waals surface area contributed by atoms with Gasteiger partial charge in [-0.05, 0) is 12.5 Å². The van der Waals surface area contributed by atoms with Crippen LogP contribution in [0.3, 0.4) is 0 Å². The summed E-state index contributed by atoms with van der Waals surface area (Å²) in [5, 5.41) is 19.3. The van der Waals surface area contributed by atoms with Gasteiger partial charge in [-0.2, -0.15) is 10.5 Å². The van der Waals surface area contributed by atoms with E-state index >= 15 is 0 Å². The highest BCUT2D eigenvalue weighted by Crippen LogP contribution is 2.35. The Bertz CT molecular complexity index is 864. The number of aryl methyl sites for hydroxylation is 1. The summed E-state index contributed by atoms with van der Waals surface area (Å²) in [5.41, 5.74) is 8.44. The van der Waals surface area contributed by atoms with E-state index in [0.29, 0.717) is 16.2 Å². The summed E-state index contributed by atoms with van der Waals surface area (Å²) < 4.78 is 4.59. The van der Waals surface area contributed by atoms with Crippen molar-refractivity contribution in [2.24, 2.45) is 0 Å². The Morgan fingerprint density at radius 3 is 2.42 bits per heavy atom. The first-order valence-electron chi connectivity index (χ1n) is 6.92. The number of nitrogens with zero attached hydrogens (tertiary/aromatic N) is 3. The lowest BCUT2D eigenvalue weighted by molar-refractivity contribution is -0.137. The lowest BCUT2D eigenvalue weighted by Gasteiger charge is -2.12. The number of anilines is 1. The number of aromatic nitrogens is 1. The second-order valence-electron chi connectivity index (χ2n) is 4.88. The number of ether oxygens (including phenoxy) is 1. The van der Waals surface area contributed by atoms with E-state index in [0.717, 1.165) is 17.3 Å². The van der Waals surface area contributed by atoms with Crippen molar-refractivity contribution in [2.75, 3.05) is 18.6 Å². The maximum absolute atomic E-state index is 11.3. The number of hydrogen-bond acceptors (Lipinski definition) is 7. The Labute approximate surface area is 143 Å². The summed E-state index contributed by atoms with van der Waals surface area (Å²) in [6.45, 7) is 1.94. The van der Waals surface area contributed by atoms with Crippen molar-refractivity contribution in [3.8, 4) is 23.3 Å². The fraction of sp³-hybridized carbons (Fsp3) is 0.176. The molecule has 1 heterocycles. The van der Waals surface area contributed by atoms with Crippen LogP contribution in [0.25, 0.3) is 11.1 Å². The van der Waals surface area contributed by atoms with E-state index in [1.165, 1.54) is 7.11 Å².